The highest BCUT2D eigenvalue weighted by Gasteiger charge is 2.49. The number of aromatic nitrogens is 1. The van der Waals surface area contributed by atoms with Gasteiger partial charge in [-0.15, -0.1) is 0 Å². The molecule has 0 fully saturated rings. The van der Waals surface area contributed by atoms with Gasteiger partial charge < -0.3 is 5.32 Å². The molecule has 0 saturated carbocycles. The molecular weight excluding hydrogens is 240 g/mol. The molecule has 0 radical (unpaired) electrons. The molecule has 1 N–H and O–H groups in total. The van der Waals surface area contributed by atoms with Crippen LogP contribution < -0.4 is 5.32 Å². The fraction of sp³-hybridized carbons (Fsp3) is 0.400. The van der Waals surface area contributed by atoms with Gasteiger partial charge in [0.1, 0.15) is 0 Å². The van der Waals surface area contributed by atoms with Crippen molar-refractivity contribution in [2.45, 2.75) is 25.3 Å². The number of hydrogen-bond donors (Lipinski definition) is 1. The highest BCUT2D eigenvalue weighted by molar-refractivity contribution is 5.84. The van der Waals surface area contributed by atoms with Crippen molar-refractivity contribution < 1.29 is 22.4 Å². The van der Waals surface area contributed by atoms with Crippen LogP contribution in [-0.4, -0.2) is 23.2 Å². The summed E-state index contributed by atoms with van der Waals surface area (Å²) in [7, 11) is 0. The molecule has 1 amide bonds. The Hall–Kier alpha value is -1.66. The van der Waals surface area contributed by atoms with E-state index >= 15 is 0 Å². The molecule has 0 bridgehead atoms. The van der Waals surface area contributed by atoms with Crippen LogP contribution >= 0.6 is 0 Å². The Bertz CT molecular complexity index is 383. The van der Waals surface area contributed by atoms with Gasteiger partial charge >= 0.3 is 12.3 Å². The van der Waals surface area contributed by atoms with E-state index in [0.717, 1.165) is 0 Å². The van der Waals surface area contributed by atoms with E-state index in [1.807, 2.05) is 0 Å². The highest BCUT2D eigenvalue weighted by atomic mass is 19.3. The van der Waals surface area contributed by atoms with Gasteiger partial charge in [0, 0.05) is 6.20 Å². The molecule has 0 aromatic carbocycles. The number of amides is 1. The van der Waals surface area contributed by atoms with Crippen molar-refractivity contribution in [3.05, 3.63) is 30.1 Å². The second kappa shape index (κ2) is 5.11. The fourth-order valence-electron chi connectivity index (χ4n) is 1.10. The predicted molar refractivity (Wildman–Crippen MR) is 51.7 cm³/mol. The van der Waals surface area contributed by atoms with E-state index in [9.17, 15) is 22.4 Å². The summed E-state index contributed by atoms with van der Waals surface area (Å²) in [5.41, 5.74) is 0.311. The van der Waals surface area contributed by atoms with Crippen molar-refractivity contribution in [3.63, 3.8) is 0 Å². The van der Waals surface area contributed by atoms with Crippen molar-refractivity contribution in [1.29, 1.82) is 0 Å². The average molecular weight is 250 g/mol. The van der Waals surface area contributed by atoms with Gasteiger partial charge in [0.2, 0.25) is 0 Å². The molecule has 1 atom stereocenters. The summed E-state index contributed by atoms with van der Waals surface area (Å²) in [6, 6.07) is 3.82. The number of alkyl halides is 4. The van der Waals surface area contributed by atoms with Crippen LogP contribution in [0.15, 0.2) is 24.4 Å². The SMILES string of the molecule is C[C@@H](NC(=O)C(F)(F)C(F)F)c1ccccn1. The molecule has 1 aromatic heterocycles. The number of nitrogens with one attached hydrogen (secondary N) is 1. The lowest BCUT2D eigenvalue weighted by Crippen LogP contribution is -2.46. The summed E-state index contributed by atoms with van der Waals surface area (Å²) in [6.07, 6.45) is -2.62. The molecule has 0 unspecified atom stereocenters. The average Bonchev–Trinajstić information content (AvgIpc) is 2.29. The van der Waals surface area contributed by atoms with Crippen molar-refractivity contribution >= 4 is 5.91 Å². The molecule has 0 aliphatic rings. The van der Waals surface area contributed by atoms with Gasteiger partial charge in [-0.2, -0.15) is 8.78 Å². The van der Waals surface area contributed by atoms with Gasteiger partial charge in [-0.1, -0.05) is 6.07 Å². The summed E-state index contributed by atoms with van der Waals surface area (Å²) < 4.78 is 49.0. The highest BCUT2D eigenvalue weighted by Crippen LogP contribution is 2.24. The molecule has 17 heavy (non-hydrogen) atoms. The van der Waals surface area contributed by atoms with Gasteiger partial charge in [-0.3, -0.25) is 9.78 Å². The Morgan fingerprint density at radius 3 is 2.53 bits per heavy atom. The summed E-state index contributed by atoms with van der Waals surface area (Å²) in [5, 5.41) is 1.79. The van der Waals surface area contributed by atoms with E-state index < -0.39 is 24.3 Å². The van der Waals surface area contributed by atoms with Crippen molar-refractivity contribution in [2.75, 3.05) is 0 Å². The van der Waals surface area contributed by atoms with Gasteiger partial charge in [0.05, 0.1) is 11.7 Å². The van der Waals surface area contributed by atoms with Crippen LogP contribution in [0, 0.1) is 0 Å². The number of pyridine rings is 1. The Morgan fingerprint density at radius 1 is 1.41 bits per heavy atom. The summed E-state index contributed by atoms with van der Waals surface area (Å²) >= 11 is 0. The first kappa shape index (κ1) is 13.4. The summed E-state index contributed by atoms with van der Waals surface area (Å²) in [5.74, 6) is -6.70. The standard InChI is InChI=1S/C10H10F4N2O/c1-6(7-4-2-3-5-15-7)16-9(17)10(13,14)8(11)12/h2-6,8H,1H3,(H,16,17)/t6-/m1/s1. The van der Waals surface area contributed by atoms with Crippen LogP contribution in [0.25, 0.3) is 0 Å². The Labute approximate surface area is 94.8 Å². The molecule has 1 aromatic rings. The molecule has 1 rings (SSSR count). The number of carbonyl (C=O) groups is 1. The monoisotopic (exact) mass is 250 g/mol. The number of nitrogens with zero attached hydrogens (tertiary/aromatic N) is 1. The maximum absolute atomic E-state index is 12.6. The Kier molecular flexibility index (Phi) is 4.03. The second-order valence-corrected chi connectivity index (χ2v) is 3.37. The zero-order valence-electron chi connectivity index (χ0n) is 8.83. The second-order valence-electron chi connectivity index (χ2n) is 3.37. The lowest BCUT2D eigenvalue weighted by atomic mass is 10.2. The van der Waals surface area contributed by atoms with Crippen molar-refractivity contribution in [2.24, 2.45) is 0 Å². The van der Waals surface area contributed by atoms with Gasteiger partial charge in [-0.25, -0.2) is 8.78 Å². The molecule has 3 nitrogen and oxygen atoms in total. The fourth-order valence-corrected chi connectivity index (χ4v) is 1.10. The van der Waals surface area contributed by atoms with Crippen molar-refractivity contribution in [3.8, 4) is 0 Å². The quantitative estimate of drug-likeness (QED) is 0.832. The maximum atomic E-state index is 12.6. The molecule has 94 valence electrons. The molecular formula is C10H10F4N2O. The molecule has 0 spiro atoms. The smallest absolute Gasteiger partial charge is 0.343 e. The molecule has 0 aliphatic heterocycles. The first-order valence-electron chi connectivity index (χ1n) is 4.73. The van der Waals surface area contributed by atoms with Crippen molar-refractivity contribution in [1.82, 2.24) is 10.3 Å². The first-order valence-corrected chi connectivity index (χ1v) is 4.73. The maximum Gasteiger partial charge on any atom is 0.383 e. The molecule has 7 heteroatoms. The molecule has 0 aliphatic carbocycles. The predicted octanol–water partition coefficient (Wildman–Crippen LogP) is 2.16. The number of halogens is 4. The zero-order valence-corrected chi connectivity index (χ0v) is 8.83. The Morgan fingerprint density at radius 2 is 2.06 bits per heavy atom. The largest absolute Gasteiger partial charge is 0.383 e. The van der Waals surface area contributed by atoms with Crippen LogP contribution in [0.2, 0.25) is 0 Å². The van der Waals surface area contributed by atoms with E-state index in [1.165, 1.54) is 19.2 Å². The third-order valence-corrected chi connectivity index (χ3v) is 2.06. The summed E-state index contributed by atoms with van der Waals surface area (Å²) in [4.78, 5) is 14.7. The van der Waals surface area contributed by atoms with E-state index in [2.05, 4.69) is 4.98 Å². The number of hydrogen-bond acceptors (Lipinski definition) is 2. The van der Waals surface area contributed by atoms with Crippen LogP contribution in [0.5, 0.6) is 0 Å². The van der Waals surface area contributed by atoms with Gasteiger partial charge in [-0.05, 0) is 19.1 Å². The normalized spacial score (nSPS) is 13.5. The van der Waals surface area contributed by atoms with Gasteiger partial charge in [0.15, 0.2) is 0 Å². The minimum absolute atomic E-state index is 0.311. The van der Waals surface area contributed by atoms with Crippen LogP contribution in [0.1, 0.15) is 18.7 Å². The van der Waals surface area contributed by atoms with E-state index in [1.54, 1.807) is 17.4 Å². The lowest BCUT2D eigenvalue weighted by molar-refractivity contribution is -0.170. The first-order chi connectivity index (χ1) is 7.85. The molecule has 1 heterocycles. The summed E-state index contributed by atoms with van der Waals surface area (Å²) in [6.45, 7) is 1.38. The third-order valence-electron chi connectivity index (χ3n) is 2.06. The van der Waals surface area contributed by atoms with Crippen LogP contribution in [0.4, 0.5) is 17.6 Å². The van der Waals surface area contributed by atoms with E-state index in [-0.39, 0.29) is 0 Å². The Balaban J connectivity index is 2.70. The minimum atomic E-state index is -4.69. The lowest BCUT2D eigenvalue weighted by Gasteiger charge is -2.18. The van der Waals surface area contributed by atoms with E-state index in [0.29, 0.717) is 5.69 Å². The topological polar surface area (TPSA) is 42.0 Å². The molecule has 0 saturated heterocycles. The van der Waals surface area contributed by atoms with Gasteiger partial charge in [0.25, 0.3) is 5.91 Å². The van der Waals surface area contributed by atoms with Crippen LogP contribution in [0.3, 0.4) is 0 Å². The zero-order chi connectivity index (χ0) is 13.1. The van der Waals surface area contributed by atoms with Crippen LogP contribution in [-0.2, 0) is 4.79 Å². The van der Waals surface area contributed by atoms with E-state index in [4.69, 9.17) is 0 Å². The third kappa shape index (κ3) is 3.15. The minimum Gasteiger partial charge on any atom is -0.343 e. The number of rotatable bonds is 4. The number of carbonyl (C=O) groups excluding carboxylic acids is 1.